The fourth-order valence-electron chi connectivity index (χ4n) is 2.57. The van der Waals surface area contributed by atoms with E-state index in [1.54, 1.807) is 18.4 Å². The molecule has 0 saturated heterocycles. The van der Waals surface area contributed by atoms with Crippen molar-refractivity contribution in [2.45, 2.75) is 20.0 Å². The number of nitrogens with one attached hydrogen (secondary N) is 1. The summed E-state index contributed by atoms with van der Waals surface area (Å²) in [5.41, 5.74) is 3.38. The molecule has 0 bridgehead atoms. The predicted octanol–water partition coefficient (Wildman–Crippen LogP) is 3.38. The standard InChI is InChI=1S/C17H19NO3S/c1-11-5-3-6-13-15(11)16-12(10-21-13)9-14(22-16)17(19)18-7-4-8-20-2/h3,5-6,9H,4,7-8,10H2,1-2H3,(H,18,19). The average Bonchev–Trinajstić information content (AvgIpc) is 2.95. The molecule has 3 rings (SSSR count). The number of benzene rings is 1. The van der Waals surface area contributed by atoms with Gasteiger partial charge in [0.25, 0.3) is 5.91 Å². The summed E-state index contributed by atoms with van der Waals surface area (Å²) in [7, 11) is 1.66. The lowest BCUT2D eigenvalue weighted by Gasteiger charge is -2.19. The van der Waals surface area contributed by atoms with Crippen molar-refractivity contribution in [2.75, 3.05) is 20.3 Å². The number of methoxy groups -OCH3 is 1. The van der Waals surface area contributed by atoms with Gasteiger partial charge in [-0.25, -0.2) is 0 Å². The van der Waals surface area contributed by atoms with Crippen LogP contribution in [0.4, 0.5) is 0 Å². The van der Waals surface area contributed by atoms with Crippen molar-refractivity contribution in [3.63, 3.8) is 0 Å². The molecule has 0 fully saturated rings. The second kappa shape index (κ2) is 6.50. The van der Waals surface area contributed by atoms with Gasteiger partial charge in [0, 0.05) is 36.3 Å². The average molecular weight is 317 g/mol. The van der Waals surface area contributed by atoms with Crippen molar-refractivity contribution >= 4 is 17.2 Å². The van der Waals surface area contributed by atoms with Gasteiger partial charge in [-0.3, -0.25) is 4.79 Å². The highest BCUT2D eigenvalue weighted by molar-refractivity contribution is 7.17. The number of aryl methyl sites for hydroxylation is 1. The highest BCUT2D eigenvalue weighted by atomic mass is 32.1. The highest BCUT2D eigenvalue weighted by Gasteiger charge is 2.23. The Balaban J connectivity index is 1.81. The predicted molar refractivity (Wildman–Crippen MR) is 87.7 cm³/mol. The molecular formula is C17H19NO3S. The van der Waals surface area contributed by atoms with Crippen LogP contribution >= 0.6 is 11.3 Å². The Morgan fingerprint density at radius 3 is 3.14 bits per heavy atom. The van der Waals surface area contributed by atoms with Crippen LogP contribution in [0.15, 0.2) is 24.3 Å². The van der Waals surface area contributed by atoms with Gasteiger partial charge >= 0.3 is 0 Å². The fourth-order valence-corrected chi connectivity index (χ4v) is 3.77. The molecule has 1 N–H and O–H groups in total. The Bertz CT molecular complexity index is 693. The third-order valence-electron chi connectivity index (χ3n) is 3.69. The number of ether oxygens (including phenoxy) is 2. The fraction of sp³-hybridized carbons (Fsp3) is 0.353. The van der Waals surface area contributed by atoms with Gasteiger partial charge < -0.3 is 14.8 Å². The van der Waals surface area contributed by atoms with Gasteiger partial charge in [-0.05, 0) is 31.0 Å². The van der Waals surface area contributed by atoms with E-state index in [0.29, 0.717) is 19.8 Å². The monoisotopic (exact) mass is 317 g/mol. The van der Waals surface area contributed by atoms with Crippen molar-refractivity contribution in [1.82, 2.24) is 5.32 Å². The Kier molecular flexibility index (Phi) is 4.45. The Labute approximate surface area is 134 Å². The van der Waals surface area contributed by atoms with E-state index in [1.165, 1.54) is 5.56 Å². The summed E-state index contributed by atoms with van der Waals surface area (Å²) in [6.45, 7) is 3.88. The van der Waals surface area contributed by atoms with Gasteiger partial charge in [0.05, 0.1) is 4.88 Å². The lowest BCUT2D eigenvalue weighted by molar-refractivity contribution is 0.0952. The maximum atomic E-state index is 12.2. The molecule has 1 aliphatic rings. The van der Waals surface area contributed by atoms with Gasteiger partial charge in [-0.2, -0.15) is 0 Å². The molecule has 1 amide bonds. The van der Waals surface area contributed by atoms with Crippen LogP contribution in [0, 0.1) is 6.92 Å². The van der Waals surface area contributed by atoms with E-state index in [0.717, 1.165) is 33.1 Å². The lowest BCUT2D eigenvalue weighted by Crippen LogP contribution is -2.24. The number of hydrogen-bond acceptors (Lipinski definition) is 4. The topological polar surface area (TPSA) is 47.6 Å². The largest absolute Gasteiger partial charge is 0.488 e. The Morgan fingerprint density at radius 2 is 2.32 bits per heavy atom. The molecule has 0 aliphatic carbocycles. The zero-order chi connectivity index (χ0) is 15.5. The van der Waals surface area contributed by atoms with Gasteiger partial charge in [-0.1, -0.05) is 12.1 Å². The van der Waals surface area contributed by atoms with Crippen LogP contribution in [-0.4, -0.2) is 26.2 Å². The van der Waals surface area contributed by atoms with E-state index >= 15 is 0 Å². The number of amides is 1. The minimum Gasteiger partial charge on any atom is -0.488 e. The van der Waals surface area contributed by atoms with E-state index in [1.807, 2.05) is 18.2 Å². The van der Waals surface area contributed by atoms with Gasteiger partial charge in [0.2, 0.25) is 0 Å². The van der Waals surface area contributed by atoms with Crippen LogP contribution < -0.4 is 10.1 Å². The molecule has 116 valence electrons. The third kappa shape index (κ3) is 2.87. The maximum absolute atomic E-state index is 12.2. The minimum atomic E-state index is -0.0226. The second-order valence-corrected chi connectivity index (χ2v) is 6.36. The van der Waals surface area contributed by atoms with E-state index in [-0.39, 0.29) is 5.91 Å². The third-order valence-corrected chi connectivity index (χ3v) is 4.88. The molecule has 4 nitrogen and oxygen atoms in total. The summed E-state index contributed by atoms with van der Waals surface area (Å²) in [4.78, 5) is 14.1. The van der Waals surface area contributed by atoms with Crippen molar-refractivity contribution in [2.24, 2.45) is 0 Å². The highest BCUT2D eigenvalue weighted by Crippen LogP contribution is 2.44. The van der Waals surface area contributed by atoms with Crippen molar-refractivity contribution in [3.05, 3.63) is 40.3 Å². The number of thiophene rings is 1. The van der Waals surface area contributed by atoms with Gasteiger partial charge in [0.1, 0.15) is 12.4 Å². The summed E-state index contributed by atoms with van der Waals surface area (Å²) >= 11 is 1.54. The summed E-state index contributed by atoms with van der Waals surface area (Å²) < 4.78 is 10.8. The van der Waals surface area contributed by atoms with Crippen LogP contribution in [-0.2, 0) is 11.3 Å². The van der Waals surface area contributed by atoms with Crippen LogP contribution in [0.5, 0.6) is 5.75 Å². The van der Waals surface area contributed by atoms with Crippen LogP contribution in [0.3, 0.4) is 0 Å². The summed E-state index contributed by atoms with van der Waals surface area (Å²) in [5, 5.41) is 2.93. The molecular weight excluding hydrogens is 298 g/mol. The zero-order valence-electron chi connectivity index (χ0n) is 12.8. The van der Waals surface area contributed by atoms with E-state index in [4.69, 9.17) is 9.47 Å². The number of carbonyl (C=O) groups excluding carboxylic acids is 1. The molecule has 2 aromatic rings. The summed E-state index contributed by atoms with van der Waals surface area (Å²) in [5.74, 6) is 0.882. The SMILES string of the molecule is COCCCNC(=O)c1cc2c(s1)-c1c(C)cccc1OC2. The molecule has 0 atom stereocenters. The van der Waals surface area contributed by atoms with E-state index < -0.39 is 0 Å². The first-order valence-corrected chi connectivity index (χ1v) is 8.15. The molecule has 1 aliphatic heterocycles. The molecule has 0 unspecified atom stereocenters. The number of rotatable bonds is 5. The second-order valence-electron chi connectivity index (χ2n) is 5.30. The zero-order valence-corrected chi connectivity index (χ0v) is 13.6. The molecule has 0 radical (unpaired) electrons. The molecule has 1 aromatic carbocycles. The van der Waals surface area contributed by atoms with E-state index in [2.05, 4.69) is 18.3 Å². The molecule has 5 heteroatoms. The molecule has 2 heterocycles. The Hall–Kier alpha value is -1.85. The first-order chi connectivity index (χ1) is 10.7. The van der Waals surface area contributed by atoms with Gasteiger partial charge in [-0.15, -0.1) is 11.3 Å². The first kappa shape index (κ1) is 15.1. The quantitative estimate of drug-likeness (QED) is 0.860. The van der Waals surface area contributed by atoms with Gasteiger partial charge in [0.15, 0.2) is 0 Å². The van der Waals surface area contributed by atoms with Crippen LogP contribution in [0.25, 0.3) is 10.4 Å². The van der Waals surface area contributed by atoms with Crippen molar-refractivity contribution in [3.8, 4) is 16.2 Å². The first-order valence-electron chi connectivity index (χ1n) is 7.33. The number of fused-ring (bicyclic) bond motifs is 3. The molecule has 0 saturated carbocycles. The molecule has 22 heavy (non-hydrogen) atoms. The van der Waals surface area contributed by atoms with E-state index in [9.17, 15) is 4.79 Å². The number of hydrogen-bond donors (Lipinski definition) is 1. The van der Waals surface area contributed by atoms with Crippen molar-refractivity contribution in [1.29, 1.82) is 0 Å². The maximum Gasteiger partial charge on any atom is 0.261 e. The smallest absolute Gasteiger partial charge is 0.261 e. The van der Waals surface area contributed by atoms with Crippen LogP contribution in [0.1, 0.15) is 27.2 Å². The molecule has 1 aromatic heterocycles. The summed E-state index contributed by atoms with van der Waals surface area (Å²) in [6.07, 6.45) is 0.818. The summed E-state index contributed by atoms with van der Waals surface area (Å²) in [6, 6.07) is 7.99. The Morgan fingerprint density at radius 1 is 1.45 bits per heavy atom. The molecule has 0 spiro atoms. The van der Waals surface area contributed by atoms with Crippen LogP contribution in [0.2, 0.25) is 0 Å². The normalized spacial score (nSPS) is 12.3. The van der Waals surface area contributed by atoms with Crippen molar-refractivity contribution < 1.29 is 14.3 Å². The minimum absolute atomic E-state index is 0.0226. The lowest BCUT2D eigenvalue weighted by atomic mass is 10.0. The number of carbonyl (C=O) groups is 1.